The van der Waals surface area contributed by atoms with E-state index in [0.29, 0.717) is 17.2 Å². The van der Waals surface area contributed by atoms with Crippen molar-refractivity contribution in [1.82, 2.24) is 10.2 Å². The maximum absolute atomic E-state index is 11.4. The lowest BCUT2D eigenvalue weighted by Crippen LogP contribution is -2.31. The molecule has 0 aliphatic carbocycles. The molecule has 2 N–H and O–H groups in total. The molecule has 2 rings (SSSR count). The SMILES string of the molecule is O=c1[nH]nc(Cl)cc1NC1CCS(=O)CC1. The minimum Gasteiger partial charge on any atom is -0.378 e. The number of halogens is 1. The van der Waals surface area contributed by atoms with Gasteiger partial charge in [-0.3, -0.25) is 9.00 Å². The molecule has 0 spiro atoms. The van der Waals surface area contributed by atoms with E-state index < -0.39 is 10.8 Å². The Bertz CT molecular complexity index is 452. The van der Waals surface area contributed by atoms with Gasteiger partial charge in [-0.25, -0.2) is 5.10 Å². The lowest BCUT2D eigenvalue weighted by molar-refractivity contribution is 0.623. The lowest BCUT2D eigenvalue weighted by atomic mass is 10.1. The van der Waals surface area contributed by atoms with E-state index in [-0.39, 0.29) is 16.8 Å². The summed E-state index contributed by atoms with van der Waals surface area (Å²) < 4.78 is 11.2. The molecule has 7 heteroatoms. The largest absolute Gasteiger partial charge is 0.378 e. The van der Waals surface area contributed by atoms with E-state index in [1.54, 1.807) is 0 Å². The van der Waals surface area contributed by atoms with Gasteiger partial charge in [0.15, 0.2) is 5.15 Å². The van der Waals surface area contributed by atoms with Crippen LogP contribution in [0, 0.1) is 0 Å². The van der Waals surface area contributed by atoms with Crippen molar-refractivity contribution in [3.63, 3.8) is 0 Å². The van der Waals surface area contributed by atoms with E-state index in [1.807, 2.05) is 0 Å². The third-order valence-electron chi connectivity index (χ3n) is 2.52. The molecule has 2 heterocycles. The minimum absolute atomic E-state index is 0.192. The van der Waals surface area contributed by atoms with Crippen molar-refractivity contribution in [2.45, 2.75) is 18.9 Å². The van der Waals surface area contributed by atoms with Crippen LogP contribution in [-0.2, 0) is 10.8 Å². The van der Waals surface area contributed by atoms with Crippen molar-refractivity contribution in [3.05, 3.63) is 21.6 Å². The molecule has 0 radical (unpaired) electrons. The third kappa shape index (κ3) is 2.82. The van der Waals surface area contributed by atoms with E-state index in [0.717, 1.165) is 12.8 Å². The molecule has 0 saturated carbocycles. The zero-order valence-corrected chi connectivity index (χ0v) is 10.1. The molecule has 16 heavy (non-hydrogen) atoms. The van der Waals surface area contributed by atoms with Crippen LogP contribution in [0.5, 0.6) is 0 Å². The Kier molecular flexibility index (Phi) is 3.60. The second-order valence-corrected chi connectivity index (χ2v) is 5.78. The van der Waals surface area contributed by atoms with Gasteiger partial charge < -0.3 is 5.32 Å². The van der Waals surface area contributed by atoms with Crippen LogP contribution < -0.4 is 10.9 Å². The highest BCUT2D eigenvalue weighted by Crippen LogP contribution is 2.14. The van der Waals surface area contributed by atoms with E-state index in [9.17, 15) is 9.00 Å². The zero-order chi connectivity index (χ0) is 11.5. The van der Waals surface area contributed by atoms with Gasteiger partial charge in [0.25, 0.3) is 5.56 Å². The molecule has 1 fully saturated rings. The molecule has 5 nitrogen and oxygen atoms in total. The average molecular weight is 262 g/mol. The fourth-order valence-corrected chi connectivity index (χ4v) is 3.10. The number of hydrogen-bond acceptors (Lipinski definition) is 4. The molecule has 1 aliphatic heterocycles. The molecular formula is C9H12ClN3O2S. The topological polar surface area (TPSA) is 74.8 Å². The van der Waals surface area contributed by atoms with Gasteiger partial charge in [0, 0.05) is 34.4 Å². The molecule has 88 valence electrons. The first-order valence-electron chi connectivity index (χ1n) is 5.02. The Morgan fingerprint density at radius 2 is 2.19 bits per heavy atom. The Balaban J connectivity index is 2.06. The number of aromatic nitrogens is 2. The first kappa shape index (κ1) is 11.6. The Morgan fingerprint density at radius 3 is 2.88 bits per heavy atom. The number of nitrogens with one attached hydrogen (secondary N) is 2. The van der Waals surface area contributed by atoms with Crippen molar-refractivity contribution in [2.24, 2.45) is 0 Å². The maximum Gasteiger partial charge on any atom is 0.287 e. The molecule has 1 saturated heterocycles. The fraction of sp³-hybridized carbons (Fsp3) is 0.556. The van der Waals surface area contributed by atoms with Gasteiger partial charge in [0.2, 0.25) is 0 Å². The Labute approximate surface area is 100 Å². The van der Waals surface area contributed by atoms with Crippen molar-refractivity contribution in [2.75, 3.05) is 16.8 Å². The molecule has 0 atom stereocenters. The van der Waals surface area contributed by atoms with Gasteiger partial charge >= 0.3 is 0 Å². The van der Waals surface area contributed by atoms with Gasteiger partial charge in [-0.05, 0) is 12.8 Å². The molecule has 1 aliphatic rings. The standard InChI is InChI=1S/C9H12ClN3O2S/c10-8-5-7(9(14)13-12-8)11-6-1-3-16(15)4-2-6/h5-6H,1-4H2,(H,11,12)(H,13,14). The minimum atomic E-state index is -0.693. The van der Waals surface area contributed by atoms with Crippen molar-refractivity contribution in [3.8, 4) is 0 Å². The summed E-state index contributed by atoms with van der Waals surface area (Å²) in [6, 6.07) is 1.70. The monoisotopic (exact) mass is 261 g/mol. The van der Waals surface area contributed by atoms with Gasteiger partial charge in [-0.15, -0.1) is 0 Å². The number of rotatable bonds is 2. The zero-order valence-electron chi connectivity index (χ0n) is 8.53. The van der Waals surface area contributed by atoms with E-state index >= 15 is 0 Å². The van der Waals surface area contributed by atoms with Gasteiger partial charge in [0.05, 0.1) is 0 Å². The normalized spacial score (nSPS) is 25.3. The number of nitrogens with zero attached hydrogens (tertiary/aromatic N) is 1. The van der Waals surface area contributed by atoms with Crippen LogP contribution in [-0.4, -0.2) is 32.0 Å². The second-order valence-electron chi connectivity index (χ2n) is 3.70. The van der Waals surface area contributed by atoms with Crippen molar-refractivity contribution in [1.29, 1.82) is 0 Å². The average Bonchev–Trinajstić information content (AvgIpc) is 2.27. The van der Waals surface area contributed by atoms with E-state index in [4.69, 9.17) is 11.6 Å². The van der Waals surface area contributed by atoms with E-state index in [2.05, 4.69) is 15.5 Å². The van der Waals surface area contributed by atoms with Crippen molar-refractivity contribution < 1.29 is 4.21 Å². The number of H-pyrrole nitrogens is 1. The molecule has 1 aromatic heterocycles. The number of anilines is 1. The smallest absolute Gasteiger partial charge is 0.287 e. The summed E-state index contributed by atoms with van der Waals surface area (Å²) >= 11 is 5.69. The lowest BCUT2D eigenvalue weighted by Gasteiger charge is -2.22. The third-order valence-corrected chi connectivity index (χ3v) is 4.10. The highest BCUT2D eigenvalue weighted by molar-refractivity contribution is 7.85. The molecule has 0 aromatic carbocycles. The summed E-state index contributed by atoms with van der Waals surface area (Å²) in [4.78, 5) is 11.4. The highest BCUT2D eigenvalue weighted by atomic mass is 35.5. The predicted octanol–water partition coefficient (Wildman–Crippen LogP) is 0.746. The molecule has 0 amide bonds. The summed E-state index contributed by atoms with van der Waals surface area (Å²) in [6.45, 7) is 0. The van der Waals surface area contributed by atoms with Crippen molar-refractivity contribution >= 4 is 28.1 Å². The van der Waals surface area contributed by atoms with Crippen LogP contribution in [0.15, 0.2) is 10.9 Å². The van der Waals surface area contributed by atoms with E-state index in [1.165, 1.54) is 6.07 Å². The van der Waals surface area contributed by atoms with Crippen LogP contribution in [0.3, 0.4) is 0 Å². The first-order chi connectivity index (χ1) is 7.65. The quantitative estimate of drug-likeness (QED) is 0.824. The number of aromatic amines is 1. The van der Waals surface area contributed by atoms with Crippen LogP contribution in [0.2, 0.25) is 5.15 Å². The second kappa shape index (κ2) is 4.97. The summed E-state index contributed by atoms with van der Waals surface area (Å²) in [7, 11) is -0.693. The van der Waals surface area contributed by atoms with Gasteiger partial charge in [0.1, 0.15) is 5.69 Å². The highest BCUT2D eigenvalue weighted by Gasteiger charge is 2.18. The predicted molar refractivity (Wildman–Crippen MR) is 64.4 cm³/mol. The van der Waals surface area contributed by atoms with Crippen LogP contribution >= 0.6 is 11.6 Å². The molecular weight excluding hydrogens is 250 g/mol. The van der Waals surface area contributed by atoms with Gasteiger partial charge in [-0.2, -0.15) is 5.10 Å². The number of hydrogen-bond donors (Lipinski definition) is 2. The molecule has 0 unspecified atom stereocenters. The Morgan fingerprint density at radius 1 is 1.50 bits per heavy atom. The van der Waals surface area contributed by atoms with Gasteiger partial charge in [-0.1, -0.05) is 11.6 Å². The Hall–Kier alpha value is -0.880. The summed E-state index contributed by atoms with van der Waals surface area (Å²) in [5, 5.41) is 9.25. The molecule has 1 aromatic rings. The van der Waals surface area contributed by atoms with Crippen LogP contribution in [0.4, 0.5) is 5.69 Å². The summed E-state index contributed by atoms with van der Waals surface area (Å²) in [6.07, 6.45) is 1.62. The first-order valence-corrected chi connectivity index (χ1v) is 6.88. The fourth-order valence-electron chi connectivity index (χ4n) is 1.65. The maximum atomic E-state index is 11.4. The van der Waals surface area contributed by atoms with Crippen LogP contribution in [0.1, 0.15) is 12.8 Å². The summed E-state index contributed by atoms with van der Waals surface area (Å²) in [5.74, 6) is 1.38. The summed E-state index contributed by atoms with van der Waals surface area (Å²) in [5.41, 5.74) is 0.147. The van der Waals surface area contributed by atoms with Crippen LogP contribution in [0.25, 0.3) is 0 Å². The molecule has 0 bridgehead atoms.